The summed E-state index contributed by atoms with van der Waals surface area (Å²) < 4.78 is 5.45. The van der Waals surface area contributed by atoms with E-state index in [-0.39, 0.29) is 5.91 Å². The Morgan fingerprint density at radius 1 is 1.55 bits per heavy atom. The second-order valence-corrected chi connectivity index (χ2v) is 4.68. The Bertz CT molecular complexity index is 496. The van der Waals surface area contributed by atoms with Crippen LogP contribution in [0, 0.1) is 0 Å². The molecule has 0 aliphatic carbocycles. The summed E-state index contributed by atoms with van der Waals surface area (Å²) in [5, 5.41) is 3.66. The number of hydrazine groups is 1. The molecule has 1 rings (SSSR count). The van der Waals surface area contributed by atoms with Gasteiger partial charge in [0.1, 0.15) is 5.75 Å². The molecule has 0 aliphatic heterocycles. The topological polar surface area (TPSA) is 62.4 Å². The Kier molecular flexibility index (Phi) is 6.83. The fourth-order valence-corrected chi connectivity index (χ4v) is 1.54. The monoisotopic (exact) mass is 313 g/mol. The van der Waals surface area contributed by atoms with Crippen LogP contribution in [0.15, 0.2) is 36.9 Å². The highest BCUT2D eigenvalue weighted by Gasteiger charge is 2.14. The Balaban J connectivity index is 2.39. The van der Waals surface area contributed by atoms with Crippen LogP contribution in [-0.2, 0) is 4.79 Å². The molecule has 1 atom stereocenters. The van der Waals surface area contributed by atoms with E-state index in [0.29, 0.717) is 22.4 Å². The van der Waals surface area contributed by atoms with Crippen molar-refractivity contribution in [2.24, 2.45) is 0 Å². The van der Waals surface area contributed by atoms with Crippen molar-refractivity contribution in [3.05, 3.63) is 41.9 Å². The fourth-order valence-electron chi connectivity index (χ4n) is 1.23. The lowest BCUT2D eigenvalue weighted by molar-refractivity contribution is -0.127. The second-order valence-electron chi connectivity index (χ2n) is 3.83. The lowest BCUT2D eigenvalue weighted by Gasteiger charge is -2.16. The maximum atomic E-state index is 11.8. The first-order valence-electron chi connectivity index (χ1n) is 5.89. The average molecular weight is 314 g/mol. The fraction of sp³-hybridized carbons (Fsp3) is 0.231. The molecule has 0 saturated carbocycles. The number of nitrogens with one attached hydrogen (secondary N) is 3. The van der Waals surface area contributed by atoms with Gasteiger partial charge in [0.25, 0.3) is 5.91 Å². The minimum Gasteiger partial charge on any atom is -0.481 e. The van der Waals surface area contributed by atoms with Gasteiger partial charge in [0.15, 0.2) is 11.2 Å². The highest BCUT2D eigenvalue weighted by molar-refractivity contribution is 7.80. The molecular formula is C13H16ClN3O2S. The molecule has 108 valence electrons. The number of ether oxygens (including phenoxy) is 1. The largest absolute Gasteiger partial charge is 0.481 e. The van der Waals surface area contributed by atoms with Crippen LogP contribution in [-0.4, -0.2) is 23.7 Å². The van der Waals surface area contributed by atoms with Crippen LogP contribution >= 0.6 is 23.8 Å². The van der Waals surface area contributed by atoms with Gasteiger partial charge < -0.3 is 10.1 Å². The van der Waals surface area contributed by atoms with Crippen LogP contribution in [0.2, 0.25) is 5.02 Å². The molecule has 0 saturated heterocycles. The number of rotatable bonds is 5. The van der Waals surface area contributed by atoms with Crippen molar-refractivity contribution in [1.82, 2.24) is 16.2 Å². The molecule has 0 spiro atoms. The van der Waals surface area contributed by atoms with E-state index in [1.807, 2.05) is 0 Å². The Morgan fingerprint density at radius 2 is 2.30 bits per heavy atom. The maximum Gasteiger partial charge on any atom is 0.279 e. The molecule has 0 radical (unpaired) electrons. The summed E-state index contributed by atoms with van der Waals surface area (Å²) >= 11 is 10.8. The third-order valence-corrected chi connectivity index (χ3v) is 2.67. The molecule has 20 heavy (non-hydrogen) atoms. The summed E-state index contributed by atoms with van der Waals surface area (Å²) in [6, 6.07) is 6.83. The molecule has 3 N–H and O–H groups in total. The van der Waals surface area contributed by atoms with Crippen molar-refractivity contribution in [1.29, 1.82) is 0 Å². The van der Waals surface area contributed by atoms with Crippen molar-refractivity contribution in [3.63, 3.8) is 0 Å². The summed E-state index contributed by atoms with van der Waals surface area (Å²) in [6.07, 6.45) is 0.962. The first-order chi connectivity index (χ1) is 9.52. The van der Waals surface area contributed by atoms with Gasteiger partial charge in [-0.25, -0.2) is 0 Å². The summed E-state index contributed by atoms with van der Waals surface area (Å²) in [4.78, 5) is 11.8. The average Bonchev–Trinajstić information content (AvgIpc) is 2.42. The van der Waals surface area contributed by atoms with Crippen LogP contribution in [0.5, 0.6) is 5.75 Å². The van der Waals surface area contributed by atoms with E-state index in [1.54, 1.807) is 37.3 Å². The van der Waals surface area contributed by atoms with Gasteiger partial charge in [0, 0.05) is 11.6 Å². The molecule has 0 heterocycles. The minimum atomic E-state index is -0.692. The first-order valence-corrected chi connectivity index (χ1v) is 6.68. The van der Waals surface area contributed by atoms with Gasteiger partial charge in [-0.3, -0.25) is 15.6 Å². The normalized spacial score (nSPS) is 11.1. The number of benzene rings is 1. The van der Waals surface area contributed by atoms with Crippen LogP contribution in [0.1, 0.15) is 6.92 Å². The zero-order chi connectivity index (χ0) is 15.0. The van der Waals surface area contributed by atoms with E-state index in [2.05, 4.69) is 22.7 Å². The number of halogens is 1. The highest BCUT2D eigenvalue weighted by Crippen LogP contribution is 2.18. The number of thiocarbonyl (C=S) groups is 1. The van der Waals surface area contributed by atoms with Crippen molar-refractivity contribution in [2.45, 2.75) is 13.0 Å². The molecule has 7 heteroatoms. The van der Waals surface area contributed by atoms with Gasteiger partial charge >= 0.3 is 0 Å². The molecule has 0 fully saturated rings. The number of carbonyl (C=O) groups is 1. The number of amides is 1. The van der Waals surface area contributed by atoms with E-state index in [0.717, 1.165) is 0 Å². The molecule has 0 unspecified atom stereocenters. The second kappa shape index (κ2) is 8.39. The number of hydrogen-bond donors (Lipinski definition) is 3. The summed E-state index contributed by atoms with van der Waals surface area (Å²) in [5.41, 5.74) is 5.00. The van der Waals surface area contributed by atoms with Gasteiger partial charge in [-0.2, -0.15) is 0 Å². The van der Waals surface area contributed by atoms with E-state index in [4.69, 9.17) is 28.6 Å². The van der Waals surface area contributed by atoms with Gasteiger partial charge in [-0.05, 0) is 37.3 Å². The number of hydrogen-bond acceptors (Lipinski definition) is 3. The van der Waals surface area contributed by atoms with E-state index >= 15 is 0 Å². The first kappa shape index (κ1) is 16.3. The van der Waals surface area contributed by atoms with Gasteiger partial charge in [0.05, 0.1) is 0 Å². The van der Waals surface area contributed by atoms with Crippen molar-refractivity contribution in [2.75, 3.05) is 6.54 Å². The zero-order valence-electron chi connectivity index (χ0n) is 11.0. The van der Waals surface area contributed by atoms with E-state index in [9.17, 15) is 4.79 Å². The maximum absolute atomic E-state index is 11.8. The summed E-state index contributed by atoms with van der Waals surface area (Å²) in [6.45, 7) is 5.68. The van der Waals surface area contributed by atoms with E-state index < -0.39 is 6.10 Å². The molecule has 0 aromatic heterocycles. The van der Waals surface area contributed by atoms with E-state index in [1.165, 1.54) is 0 Å². The van der Waals surface area contributed by atoms with Crippen LogP contribution < -0.4 is 20.9 Å². The molecule has 1 amide bonds. The molecule has 5 nitrogen and oxygen atoms in total. The zero-order valence-corrected chi connectivity index (χ0v) is 12.6. The Morgan fingerprint density at radius 3 is 2.95 bits per heavy atom. The third-order valence-electron chi connectivity index (χ3n) is 2.18. The summed E-state index contributed by atoms with van der Waals surface area (Å²) in [7, 11) is 0. The quantitative estimate of drug-likeness (QED) is 0.439. The highest BCUT2D eigenvalue weighted by atomic mass is 35.5. The Labute approximate surface area is 128 Å². The van der Waals surface area contributed by atoms with Gasteiger partial charge in [-0.1, -0.05) is 23.7 Å². The van der Waals surface area contributed by atoms with Crippen molar-refractivity contribution < 1.29 is 9.53 Å². The van der Waals surface area contributed by atoms with Crippen molar-refractivity contribution in [3.8, 4) is 5.75 Å². The van der Waals surface area contributed by atoms with Crippen LogP contribution in [0.4, 0.5) is 0 Å². The number of carbonyl (C=O) groups excluding carboxylic acids is 1. The van der Waals surface area contributed by atoms with Gasteiger partial charge in [0.2, 0.25) is 0 Å². The molecule has 1 aromatic rings. The lowest BCUT2D eigenvalue weighted by Crippen LogP contribution is -2.50. The molecular weight excluding hydrogens is 298 g/mol. The SMILES string of the molecule is C=CCNC(=S)NNC(=O)[C@@H](C)Oc1cccc(Cl)c1. The third kappa shape index (κ3) is 5.90. The predicted molar refractivity (Wildman–Crippen MR) is 83.6 cm³/mol. The van der Waals surface area contributed by atoms with Crippen molar-refractivity contribution >= 4 is 34.8 Å². The standard InChI is InChI=1S/C13H16ClN3O2S/c1-3-7-15-13(20)17-16-12(18)9(2)19-11-6-4-5-10(14)8-11/h3-6,8-9H,1,7H2,2H3,(H,16,18)(H2,15,17,20)/t9-/m1/s1. The van der Waals surface area contributed by atoms with Crippen LogP contribution in [0.3, 0.4) is 0 Å². The Hall–Kier alpha value is -1.79. The molecule has 1 aromatic carbocycles. The molecule has 0 bridgehead atoms. The molecule has 0 aliphatic rings. The minimum absolute atomic E-state index is 0.299. The predicted octanol–water partition coefficient (Wildman–Crippen LogP) is 1.79. The van der Waals surface area contributed by atoms with Gasteiger partial charge in [-0.15, -0.1) is 6.58 Å². The van der Waals surface area contributed by atoms with Crippen LogP contribution in [0.25, 0.3) is 0 Å². The summed E-state index contributed by atoms with van der Waals surface area (Å²) in [5.74, 6) is 0.167. The smallest absolute Gasteiger partial charge is 0.279 e. The lowest BCUT2D eigenvalue weighted by atomic mass is 10.3.